The molecule has 30 heavy (non-hydrogen) atoms. The molecule has 0 aliphatic heterocycles. The van der Waals surface area contributed by atoms with E-state index < -0.39 is 0 Å². The van der Waals surface area contributed by atoms with Gasteiger partial charge in [0.15, 0.2) is 5.82 Å². The van der Waals surface area contributed by atoms with Gasteiger partial charge in [-0.1, -0.05) is 0 Å². The molecule has 5 rings (SSSR count). The van der Waals surface area contributed by atoms with Gasteiger partial charge in [0.25, 0.3) is 0 Å². The molecule has 1 aliphatic rings. The quantitative estimate of drug-likeness (QED) is 0.528. The second-order valence-electron chi connectivity index (χ2n) is 7.34. The van der Waals surface area contributed by atoms with Crippen LogP contribution in [0.4, 0.5) is 10.6 Å². The number of benzene rings is 1. The molecular weight excluding hydrogens is 382 g/mol. The van der Waals surface area contributed by atoms with E-state index >= 15 is 0 Å². The molecule has 0 saturated heterocycles. The van der Waals surface area contributed by atoms with E-state index in [1.54, 1.807) is 22.9 Å². The molecule has 4 aromatic rings. The summed E-state index contributed by atoms with van der Waals surface area (Å²) in [4.78, 5) is 20.9. The average molecular weight is 403 g/mol. The number of nitrogens with zero attached hydrogens (tertiary/aromatic N) is 5. The highest BCUT2D eigenvalue weighted by atomic mass is 16.5. The Morgan fingerprint density at radius 2 is 2.10 bits per heavy atom. The largest absolute Gasteiger partial charge is 0.439 e. The lowest BCUT2D eigenvalue weighted by Crippen LogP contribution is -2.18. The van der Waals surface area contributed by atoms with Crippen molar-refractivity contribution in [2.45, 2.75) is 25.3 Å². The monoisotopic (exact) mass is 403 g/mol. The molecule has 0 atom stereocenters. The molecule has 0 spiro atoms. The van der Waals surface area contributed by atoms with Crippen molar-refractivity contribution >= 4 is 22.8 Å². The number of hydrogen-bond acceptors (Lipinski definition) is 6. The summed E-state index contributed by atoms with van der Waals surface area (Å²) in [6, 6.07) is 10.7. The third kappa shape index (κ3) is 3.50. The number of carbonyl (C=O) groups is 1. The van der Waals surface area contributed by atoms with Crippen LogP contribution in [0, 0.1) is 0 Å². The summed E-state index contributed by atoms with van der Waals surface area (Å²) in [5.41, 5.74) is 8.23. The number of anilines is 1. The Morgan fingerprint density at radius 3 is 2.90 bits per heavy atom. The number of carbonyl (C=O) groups excluding carboxylic acids is 1. The summed E-state index contributed by atoms with van der Waals surface area (Å²) in [5, 5.41) is 8.16. The number of nitrogens with two attached hydrogens (primary N) is 1. The van der Waals surface area contributed by atoms with Crippen molar-refractivity contribution in [1.82, 2.24) is 24.3 Å². The van der Waals surface area contributed by atoms with Crippen LogP contribution in [-0.4, -0.2) is 30.3 Å². The Labute approximate surface area is 172 Å². The van der Waals surface area contributed by atoms with Gasteiger partial charge in [-0.3, -0.25) is 14.6 Å². The lowest BCUT2D eigenvalue weighted by Gasteiger charge is -2.07. The fourth-order valence-corrected chi connectivity index (χ4v) is 3.50. The highest BCUT2D eigenvalue weighted by Gasteiger charge is 2.27. The van der Waals surface area contributed by atoms with Crippen LogP contribution in [0.15, 0.2) is 48.9 Å². The van der Waals surface area contributed by atoms with Gasteiger partial charge in [0.05, 0.1) is 11.2 Å². The van der Waals surface area contributed by atoms with Crippen molar-refractivity contribution in [3.8, 4) is 11.6 Å². The Bertz CT molecular complexity index is 1240. The van der Waals surface area contributed by atoms with E-state index in [9.17, 15) is 4.79 Å². The zero-order valence-electron chi connectivity index (χ0n) is 16.4. The van der Waals surface area contributed by atoms with Gasteiger partial charge in [0.2, 0.25) is 5.88 Å². The van der Waals surface area contributed by atoms with Crippen LogP contribution >= 0.6 is 0 Å². The van der Waals surface area contributed by atoms with Gasteiger partial charge in [-0.2, -0.15) is 5.10 Å². The number of hydrogen-bond donors (Lipinski definition) is 2. The molecule has 1 amide bonds. The Kier molecular flexibility index (Phi) is 4.44. The number of ether oxygens (including phenoxy) is 1. The number of amides is 1. The number of rotatable bonds is 5. The molecule has 0 bridgehead atoms. The maximum absolute atomic E-state index is 12.8. The first-order chi connectivity index (χ1) is 14.6. The smallest absolute Gasteiger partial charge is 0.331 e. The number of aryl methyl sites for hydroxylation is 1. The summed E-state index contributed by atoms with van der Waals surface area (Å²) in [7, 11) is 1.91. The summed E-state index contributed by atoms with van der Waals surface area (Å²) in [6.45, 7) is 0.314. The van der Waals surface area contributed by atoms with Crippen molar-refractivity contribution < 1.29 is 9.53 Å². The minimum absolute atomic E-state index is 0.262. The molecule has 3 N–H and O–H groups in total. The van der Waals surface area contributed by atoms with Crippen LogP contribution in [0.1, 0.15) is 30.1 Å². The summed E-state index contributed by atoms with van der Waals surface area (Å²) < 4.78 is 9.21. The van der Waals surface area contributed by atoms with E-state index in [0.717, 1.165) is 16.6 Å². The van der Waals surface area contributed by atoms with Crippen molar-refractivity contribution in [2.24, 2.45) is 12.8 Å². The predicted molar refractivity (Wildman–Crippen MR) is 112 cm³/mol. The standard InChI is InChI=1S/C21H21N7O2/c1-27-18(13-2-3-13)10-19(26-27)25-21(29)28-7-6-14-8-16(4-5-17(14)28)30-20-9-15(11-22)23-12-24-20/h4-10,12-13H,2-3,11,22H2,1H3,(H,25,26,29). The van der Waals surface area contributed by atoms with Crippen LogP contribution in [-0.2, 0) is 13.6 Å². The first-order valence-electron chi connectivity index (χ1n) is 9.76. The first-order valence-corrected chi connectivity index (χ1v) is 9.76. The third-order valence-electron chi connectivity index (χ3n) is 5.16. The Morgan fingerprint density at radius 1 is 1.23 bits per heavy atom. The van der Waals surface area contributed by atoms with Crippen LogP contribution in [0.25, 0.3) is 10.9 Å². The molecule has 3 aromatic heterocycles. The fraction of sp³-hybridized carbons (Fsp3) is 0.238. The fourth-order valence-electron chi connectivity index (χ4n) is 3.50. The van der Waals surface area contributed by atoms with E-state index in [1.807, 2.05) is 36.0 Å². The predicted octanol–water partition coefficient (Wildman–Crippen LogP) is 3.37. The molecule has 9 nitrogen and oxygen atoms in total. The van der Waals surface area contributed by atoms with E-state index in [2.05, 4.69) is 20.4 Å². The van der Waals surface area contributed by atoms with Gasteiger partial charge in [0, 0.05) is 48.9 Å². The Hall–Kier alpha value is -3.72. The second kappa shape index (κ2) is 7.27. The average Bonchev–Trinajstić information content (AvgIpc) is 3.40. The highest BCUT2D eigenvalue weighted by Crippen LogP contribution is 2.40. The summed E-state index contributed by atoms with van der Waals surface area (Å²) >= 11 is 0. The van der Waals surface area contributed by atoms with Gasteiger partial charge < -0.3 is 10.5 Å². The molecule has 152 valence electrons. The normalized spacial score (nSPS) is 13.5. The zero-order valence-corrected chi connectivity index (χ0v) is 16.4. The Balaban J connectivity index is 1.35. The second-order valence-corrected chi connectivity index (χ2v) is 7.34. The molecule has 1 aliphatic carbocycles. The highest BCUT2D eigenvalue weighted by molar-refractivity contribution is 5.98. The van der Waals surface area contributed by atoms with Gasteiger partial charge in [0.1, 0.15) is 12.1 Å². The van der Waals surface area contributed by atoms with Gasteiger partial charge >= 0.3 is 6.03 Å². The van der Waals surface area contributed by atoms with Crippen LogP contribution in [0.3, 0.4) is 0 Å². The molecule has 0 radical (unpaired) electrons. The van der Waals surface area contributed by atoms with Crippen molar-refractivity contribution in [1.29, 1.82) is 0 Å². The van der Waals surface area contributed by atoms with Crippen molar-refractivity contribution in [3.63, 3.8) is 0 Å². The lowest BCUT2D eigenvalue weighted by atomic mass is 10.2. The van der Waals surface area contributed by atoms with Crippen LogP contribution in [0.5, 0.6) is 11.6 Å². The molecule has 1 saturated carbocycles. The first kappa shape index (κ1) is 18.3. The molecule has 0 unspecified atom stereocenters. The third-order valence-corrected chi connectivity index (χ3v) is 5.16. The van der Waals surface area contributed by atoms with Gasteiger partial charge in [-0.15, -0.1) is 0 Å². The molecule has 1 fully saturated rings. The van der Waals surface area contributed by atoms with E-state index in [4.69, 9.17) is 10.5 Å². The number of aromatic nitrogens is 5. The number of fused-ring (bicyclic) bond motifs is 1. The zero-order chi connectivity index (χ0) is 20.7. The minimum Gasteiger partial charge on any atom is -0.439 e. The molecule has 9 heteroatoms. The maximum Gasteiger partial charge on any atom is 0.331 e. The van der Waals surface area contributed by atoms with E-state index in [1.165, 1.54) is 19.2 Å². The van der Waals surface area contributed by atoms with E-state index in [-0.39, 0.29) is 6.03 Å². The minimum atomic E-state index is -0.262. The SMILES string of the molecule is Cn1nc(NC(=O)n2ccc3cc(Oc4cc(CN)ncn4)ccc32)cc1C1CC1. The van der Waals surface area contributed by atoms with Gasteiger partial charge in [-0.25, -0.2) is 14.8 Å². The van der Waals surface area contributed by atoms with E-state index in [0.29, 0.717) is 35.6 Å². The van der Waals surface area contributed by atoms with Gasteiger partial charge in [-0.05, 0) is 37.1 Å². The summed E-state index contributed by atoms with van der Waals surface area (Å²) in [6.07, 6.45) is 5.51. The van der Waals surface area contributed by atoms with Crippen molar-refractivity contribution in [2.75, 3.05) is 5.32 Å². The topological polar surface area (TPSA) is 113 Å². The molecule has 1 aromatic carbocycles. The molecular formula is C21H21N7O2. The maximum atomic E-state index is 12.8. The molecule has 3 heterocycles. The van der Waals surface area contributed by atoms with Crippen molar-refractivity contribution in [3.05, 3.63) is 60.3 Å². The lowest BCUT2D eigenvalue weighted by molar-refractivity contribution is 0.254. The number of nitrogens with one attached hydrogen (secondary N) is 1. The summed E-state index contributed by atoms with van der Waals surface area (Å²) in [5.74, 6) is 2.16. The van der Waals surface area contributed by atoms with Crippen LogP contribution < -0.4 is 15.8 Å². The van der Waals surface area contributed by atoms with Crippen LogP contribution in [0.2, 0.25) is 0 Å².